The lowest BCUT2D eigenvalue weighted by Crippen LogP contribution is -2.49. The fourth-order valence-electron chi connectivity index (χ4n) is 4.82. The highest BCUT2D eigenvalue weighted by Gasteiger charge is 2.79. The van der Waals surface area contributed by atoms with Crippen LogP contribution in [-0.4, -0.2) is 21.9 Å². The molecule has 0 N–H and O–H groups in total. The van der Waals surface area contributed by atoms with E-state index in [2.05, 4.69) is 6.58 Å². The molecule has 1 unspecified atom stereocenters. The van der Waals surface area contributed by atoms with E-state index in [0.717, 1.165) is 22.4 Å². The van der Waals surface area contributed by atoms with Crippen LogP contribution in [-0.2, 0) is 21.0 Å². The summed E-state index contributed by atoms with van der Waals surface area (Å²) in [7, 11) is 0.295. The minimum atomic E-state index is -1.48. The van der Waals surface area contributed by atoms with Crippen LogP contribution in [0.4, 0.5) is 5.69 Å². The van der Waals surface area contributed by atoms with E-state index in [9.17, 15) is 9.00 Å². The van der Waals surface area contributed by atoms with Crippen molar-refractivity contribution < 1.29 is 9.00 Å². The average molecular weight is 400 g/mol. The zero-order valence-corrected chi connectivity index (χ0v) is 17.0. The topological polar surface area (TPSA) is 37.4 Å². The van der Waals surface area contributed by atoms with Crippen molar-refractivity contribution in [3.8, 4) is 0 Å². The summed E-state index contributed by atoms with van der Waals surface area (Å²) in [6.07, 6.45) is 0.488. The molecule has 3 aromatic rings. The highest BCUT2D eigenvalue weighted by molar-refractivity contribution is 7.88. The number of hydrogen-bond donors (Lipinski definition) is 0. The molecule has 2 aliphatic rings. The third kappa shape index (κ3) is 2.24. The van der Waals surface area contributed by atoms with Crippen LogP contribution in [0.2, 0.25) is 0 Å². The van der Waals surface area contributed by atoms with Crippen molar-refractivity contribution >= 4 is 28.0 Å². The van der Waals surface area contributed by atoms with Gasteiger partial charge in [-0.25, -0.2) is 0 Å². The third-order valence-electron chi connectivity index (χ3n) is 6.38. The molecule has 1 fully saturated rings. The number of benzene rings is 3. The molecule has 1 amide bonds. The summed E-state index contributed by atoms with van der Waals surface area (Å²) in [5.41, 5.74) is 2.83. The molecule has 5 rings (SSSR count). The average Bonchev–Trinajstić information content (AvgIpc) is 3.49. The lowest BCUT2D eigenvalue weighted by atomic mass is 9.82. The Morgan fingerprint density at radius 3 is 2.21 bits per heavy atom. The summed E-state index contributed by atoms with van der Waals surface area (Å²) < 4.78 is 12.9. The number of rotatable bonds is 3. The van der Waals surface area contributed by atoms with Crippen LogP contribution in [0.15, 0.2) is 96.4 Å². The number of nitrogens with zero attached hydrogens (tertiary/aromatic N) is 1. The Hall–Kier alpha value is -2.98. The Bertz CT molecular complexity index is 1160. The first-order valence-corrected chi connectivity index (χ1v) is 10.8. The fraction of sp³-hybridized carbons (Fsp3) is 0.160. The van der Waals surface area contributed by atoms with Gasteiger partial charge < -0.3 is 4.90 Å². The van der Waals surface area contributed by atoms with Gasteiger partial charge >= 0.3 is 0 Å². The minimum absolute atomic E-state index is 0.101. The molecule has 1 aliphatic heterocycles. The Balaban J connectivity index is 1.75. The van der Waals surface area contributed by atoms with Crippen LogP contribution in [0.1, 0.15) is 17.5 Å². The van der Waals surface area contributed by atoms with Gasteiger partial charge in [-0.3, -0.25) is 9.00 Å². The summed E-state index contributed by atoms with van der Waals surface area (Å²) in [5.74, 6) is -0.101. The standard InChI is InChI=1S/C25H21NO2S/c1-18(19-11-5-3-6-12-19)24(20-13-7-4-8-14-20)17-25(24)23(27)26(2)21-15-9-10-16-22(21)29(25)28/h3-16H,1,17H2,2H3/t24-,25+,29?/m1/s1. The van der Waals surface area contributed by atoms with Crippen molar-refractivity contribution in [1.82, 2.24) is 0 Å². The van der Waals surface area contributed by atoms with E-state index in [0.29, 0.717) is 11.3 Å². The first-order valence-electron chi connectivity index (χ1n) is 9.63. The number of carbonyl (C=O) groups is 1. The fourth-order valence-corrected chi connectivity index (χ4v) is 6.99. The van der Waals surface area contributed by atoms with Gasteiger partial charge in [0.15, 0.2) is 0 Å². The molecule has 1 spiro atoms. The Kier molecular flexibility index (Phi) is 3.90. The molecule has 1 heterocycles. The van der Waals surface area contributed by atoms with Gasteiger partial charge in [-0.1, -0.05) is 79.4 Å². The molecular formula is C25H21NO2S. The molecule has 3 aromatic carbocycles. The monoisotopic (exact) mass is 399 g/mol. The molecule has 29 heavy (non-hydrogen) atoms. The number of para-hydroxylation sites is 1. The maximum atomic E-state index is 13.9. The van der Waals surface area contributed by atoms with Gasteiger partial charge in [-0.2, -0.15) is 0 Å². The van der Waals surface area contributed by atoms with Crippen LogP contribution in [0, 0.1) is 0 Å². The van der Waals surface area contributed by atoms with Gasteiger partial charge in [0.2, 0.25) is 5.91 Å². The predicted octanol–water partition coefficient (Wildman–Crippen LogP) is 4.56. The molecule has 0 bridgehead atoms. The van der Waals surface area contributed by atoms with Crippen molar-refractivity contribution in [1.29, 1.82) is 0 Å². The van der Waals surface area contributed by atoms with Gasteiger partial charge in [-0.15, -0.1) is 0 Å². The van der Waals surface area contributed by atoms with Gasteiger partial charge in [0.25, 0.3) is 0 Å². The zero-order chi connectivity index (χ0) is 20.2. The van der Waals surface area contributed by atoms with Gasteiger partial charge in [-0.05, 0) is 35.3 Å². The molecule has 3 atom stereocenters. The number of allylic oxidation sites excluding steroid dienone is 1. The Labute approximate surface area is 173 Å². The van der Waals surface area contributed by atoms with Crippen LogP contribution in [0.5, 0.6) is 0 Å². The number of hydrogen-bond acceptors (Lipinski definition) is 2. The predicted molar refractivity (Wildman–Crippen MR) is 117 cm³/mol. The second kappa shape index (κ2) is 6.26. The second-order valence-corrected chi connectivity index (χ2v) is 9.39. The lowest BCUT2D eigenvalue weighted by Gasteiger charge is -2.35. The van der Waals surface area contributed by atoms with Gasteiger partial charge in [0, 0.05) is 12.5 Å². The van der Waals surface area contributed by atoms with E-state index in [4.69, 9.17) is 0 Å². The number of amides is 1. The SMILES string of the molecule is C=C(c1ccccc1)[C@@]1(c2ccccc2)C[C@]12C(=O)N(C)c1ccccc1S2=O. The minimum Gasteiger partial charge on any atom is -0.313 e. The number of carbonyl (C=O) groups excluding carboxylic acids is 1. The largest absolute Gasteiger partial charge is 0.313 e. The summed E-state index contributed by atoms with van der Waals surface area (Å²) in [4.78, 5) is 16.1. The maximum absolute atomic E-state index is 13.9. The van der Waals surface area contributed by atoms with Crippen LogP contribution in [0.3, 0.4) is 0 Å². The second-order valence-electron chi connectivity index (χ2n) is 7.72. The maximum Gasteiger partial charge on any atom is 0.247 e. The normalized spacial score (nSPS) is 27.6. The molecule has 0 radical (unpaired) electrons. The molecule has 144 valence electrons. The van der Waals surface area contributed by atoms with Crippen molar-refractivity contribution in [2.45, 2.75) is 21.5 Å². The smallest absolute Gasteiger partial charge is 0.247 e. The molecule has 1 aliphatic carbocycles. The third-order valence-corrected chi connectivity index (χ3v) is 8.42. The van der Waals surface area contributed by atoms with Gasteiger partial charge in [0.1, 0.15) is 4.75 Å². The summed E-state index contributed by atoms with van der Waals surface area (Å²) in [6.45, 7) is 4.43. The molecule has 0 aromatic heterocycles. The van der Waals surface area contributed by atoms with E-state index < -0.39 is 21.0 Å². The number of anilines is 1. The highest BCUT2D eigenvalue weighted by atomic mass is 32.2. The van der Waals surface area contributed by atoms with E-state index in [1.807, 2.05) is 84.9 Å². The van der Waals surface area contributed by atoms with Gasteiger partial charge in [0.05, 0.1) is 21.4 Å². The van der Waals surface area contributed by atoms with E-state index in [1.54, 1.807) is 11.9 Å². The lowest BCUT2D eigenvalue weighted by molar-refractivity contribution is -0.119. The number of fused-ring (bicyclic) bond motifs is 1. The Morgan fingerprint density at radius 1 is 0.931 bits per heavy atom. The Morgan fingerprint density at radius 2 is 1.52 bits per heavy atom. The first-order chi connectivity index (χ1) is 14.0. The van der Waals surface area contributed by atoms with Crippen molar-refractivity contribution in [3.05, 3.63) is 103 Å². The quantitative estimate of drug-likeness (QED) is 0.647. The molecular weight excluding hydrogens is 378 g/mol. The summed E-state index contributed by atoms with van der Waals surface area (Å²) >= 11 is 0. The van der Waals surface area contributed by atoms with Crippen LogP contribution < -0.4 is 4.90 Å². The van der Waals surface area contributed by atoms with E-state index in [-0.39, 0.29) is 5.91 Å². The molecule has 1 saturated carbocycles. The summed E-state index contributed by atoms with van der Waals surface area (Å²) in [6, 6.07) is 27.3. The van der Waals surface area contributed by atoms with Crippen molar-refractivity contribution in [2.75, 3.05) is 11.9 Å². The van der Waals surface area contributed by atoms with Crippen molar-refractivity contribution in [3.63, 3.8) is 0 Å². The van der Waals surface area contributed by atoms with E-state index in [1.165, 1.54) is 0 Å². The summed E-state index contributed by atoms with van der Waals surface area (Å²) in [5, 5.41) is 0. The molecule has 4 heteroatoms. The molecule has 0 saturated heterocycles. The van der Waals surface area contributed by atoms with Crippen LogP contribution in [0.25, 0.3) is 5.57 Å². The van der Waals surface area contributed by atoms with Crippen molar-refractivity contribution in [2.24, 2.45) is 0 Å². The zero-order valence-electron chi connectivity index (χ0n) is 16.2. The molecule has 3 nitrogen and oxygen atoms in total. The first kappa shape index (κ1) is 18.1. The van der Waals surface area contributed by atoms with E-state index >= 15 is 0 Å². The van der Waals surface area contributed by atoms with Crippen LogP contribution >= 0.6 is 0 Å². The highest BCUT2D eigenvalue weighted by Crippen LogP contribution is 2.70.